The summed E-state index contributed by atoms with van der Waals surface area (Å²) in [6.45, 7) is 7.36. The fraction of sp³-hybridized carbons (Fsp3) is 0.471. The van der Waals surface area contributed by atoms with Crippen molar-refractivity contribution in [2.24, 2.45) is 0 Å². The summed E-state index contributed by atoms with van der Waals surface area (Å²) >= 11 is 0. The van der Waals surface area contributed by atoms with E-state index in [0.29, 0.717) is 5.57 Å². The van der Waals surface area contributed by atoms with Crippen LogP contribution in [0.25, 0.3) is 0 Å². The van der Waals surface area contributed by atoms with Crippen molar-refractivity contribution in [3.8, 4) is 0 Å². The van der Waals surface area contributed by atoms with Gasteiger partial charge < -0.3 is 4.74 Å². The molecular formula is C17H21FO2. The number of hydrogen-bond acceptors (Lipinski definition) is 2. The summed E-state index contributed by atoms with van der Waals surface area (Å²) < 4.78 is 19.2. The van der Waals surface area contributed by atoms with Crippen LogP contribution in [0.2, 0.25) is 0 Å². The molecule has 0 radical (unpaired) electrons. The Hall–Kier alpha value is -1.64. The molecule has 0 spiro atoms. The van der Waals surface area contributed by atoms with E-state index >= 15 is 0 Å². The second-order valence-electron chi connectivity index (χ2n) is 5.57. The summed E-state index contributed by atoms with van der Waals surface area (Å²) in [7, 11) is 0. The topological polar surface area (TPSA) is 26.3 Å². The minimum Gasteiger partial charge on any atom is -0.451 e. The molecule has 108 valence electrons. The zero-order valence-electron chi connectivity index (χ0n) is 12.2. The summed E-state index contributed by atoms with van der Waals surface area (Å²) in [6.07, 6.45) is 4.19. The summed E-state index contributed by atoms with van der Waals surface area (Å²) in [4.78, 5) is 12.0. The van der Waals surface area contributed by atoms with Gasteiger partial charge in [-0.3, -0.25) is 0 Å². The zero-order valence-corrected chi connectivity index (χ0v) is 12.2. The lowest BCUT2D eigenvalue weighted by molar-refractivity contribution is -0.159. The highest BCUT2D eigenvalue weighted by Gasteiger charge is 2.39. The molecule has 2 nitrogen and oxygen atoms in total. The Kier molecular flexibility index (Phi) is 4.26. The van der Waals surface area contributed by atoms with Gasteiger partial charge in [0, 0.05) is 5.57 Å². The molecular weight excluding hydrogens is 255 g/mol. The van der Waals surface area contributed by atoms with Crippen molar-refractivity contribution in [2.75, 3.05) is 0 Å². The van der Waals surface area contributed by atoms with Gasteiger partial charge in [0.2, 0.25) is 0 Å². The summed E-state index contributed by atoms with van der Waals surface area (Å²) in [6, 6.07) is 4.78. The second kappa shape index (κ2) is 5.78. The molecule has 0 heterocycles. The van der Waals surface area contributed by atoms with Gasteiger partial charge in [0.25, 0.3) is 0 Å². The van der Waals surface area contributed by atoms with Crippen LogP contribution in [0.3, 0.4) is 0 Å². The molecule has 2 rings (SSSR count). The van der Waals surface area contributed by atoms with Crippen molar-refractivity contribution in [3.05, 3.63) is 47.3 Å². The van der Waals surface area contributed by atoms with Crippen LogP contribution in [-0.4, -0.2) is 5.97 Å². The van der Waals surface area contributed by atoms with E-state index in [0.717, 1.165) is 43.2 Å². The molecule has 1 aromatic carbocycles. The molecule has 0 fully saturated rings. The maximum atomic E-state index is 13.4. The number of fused-ring (bicyclic) bond motifs is 1. The summed E-state index contributed by atoms with van der Waals surface area (Å²) in [5, 5.41) is 0. The van der Waals surface area contributed by atoms with Gasteiger partial charge in [-0.15, -0.1) is 0 Å². The highest BCUT2D eigenvalue weighted by molar-refractivity contribution is 5.87. The molecule has 3 heteroatoms. The number of aryl methyl sites for hydroxylation is 1. The first-order chi connectivity index (χ1) is 9.48. The lowest BCUT2D eigenvalue weighted by Crippen LogP contribution is -2.36. The first kappa shape index (κ1) is 14.8. The molecule has 0 saturated heterocycles. The van der Waals surface area contributed by atoms with E-state index in [1.807, 2.05) is 0 Å². The largest absolute Gasteiger partial charge is 0.451 e. The van der Waals surface area contributed by atoms with Crippen LogP contribution in [0, 0.1) is 5.82 Å². The Morgan fingerprint density at radius 1 is 1.50 bits per heavy atom. The Morgan fingerprint density at radius 2 is 2.25 bits per heavy atom. The molecule has 0 amide bonds. The first-order valence-electron chi connectivity index (χ1n) is 7.16. The van der Waals surface area contributed by atoms with E-state index in [1.165, 1.54) is 6.07 Å². The third kappa shape index (κ3) is 2.77. The number of benzene rings is 1. The van der Waals surface area contributed by atoms with E-state index in [4.69, 9.17) is 4.74 Å². The van der Waals surface area contributed by atoms with E-state index in [9.17, 15) is 9.18 Å². The second-order valence-corrected chi connectivity index (χ2v) is 5.57. The van der Waals surface area contributed by atoms with Crippen molar-refractivity contribution < 1.29 is 13.9 Å². The minimum atomic E-state index is -0.619. The van der Waals surface area contributed by atoms with Gasteiger partial charge in [-0.05, 0) is 55.9 Å². The van der Waals surface area contributed by atoms with Gasteiger partial charge in [-0.25, -0.2) is 9.18 Å². The normalized spacial score (nSPS) is 21.1. The maximum absolute atomic E-state index is 13.4. The third-order valence-electron chi connectivity index (χ3n) is 3.88. The predicted octanol–water partition coefficient (Wildman–Crippen LogP) is 4.28. The average molecular weight is 276 g/mol. The van der Waals surface area contributed by atoms with Crippen molar-refractivity contribution in [1.82, 2.24) is 0 Å². The van der Waals surface area contributed by atoms with Gasteiger partial charge in [0.1, 0.15) is 11.4 Å². The predicted molar refractivity (Wildman–Crippen MR) is 76.8 cm³/mol. The van der Waals surface area contributed by atoms with Crippen LogP contribution in [0.4, 0.5) is 4.39 Å². The quantitative estimate of drug-likeness (QED) is 0.606. The Balaban J connectivity index is 2.44. The van der Waals surface area contributed by atoms with Crippen LogP contribution < -0.4 is 0 Å². The molecule has 0 bridgehead atoms. The zero-order chi connectivity index (χ0) is 14.8. The molecule has 1 atom stereocenters. The standard InChI is InChI=1S/C17H21FO2/c1-4-9-17(20-16(19)12(2)3)10-5-6-13-11-14(18)7-8-15(13)17/h7-8,11H,2,4-6,9-10H2,1,3H3. The summed E-state index contributed by atoms with van der Waals surface area (Å²) in [5.74, 6) is -0.599. The maximum Gasteiger partial charge on any atom is 0.333 e. The van der Waals surface area contributed by atoms with Crippen molar-refractivity contribution in [2.45, 2.75) is 51.6 Å². The van der Waals surface area contributed by atoms with Gasteiger partial charge >= 0.3 is 5.97 Å². The Morgan fingerprint density at radius 3 is 2.90 bits per heavy atom. The Labute approximate surface area is 119 Å². The van der Waals surface area contributed by atoms with Crippen molar-refractivity contribution >= 4 is 5.97 Å². The first-order valence-corrected chi connectivity index (χ1v) is 7.16. The van der Waals surface area contributed by atoms with Crippen LogP contribution in [-0.2, 0) is 21.6 Å². The minimum absolute atomic E-state index is 0.234. The highest BCUT2D eigenvalue weighted by atomic mass is 19.1. The fourth-order valence-electron chi connectivity index (χ4n) is 3.00. The number of halogens is 1. The molecule has 0 saturated carbocycles. The highest BCUT2D eigenvalue weighted by Crippen LogP contribution is 2.42. The molecule has 1 unspecified atom stereocenters. The van der Waals surface area contributed by atoms with Gasteiger partial charge in [0.15, 0.2) is 0 Å². The van der Waals surface area contributed by atoms with Crippen LogP contribution in [0.1, 0.15) is 50.7 Å². The average Bonchev–Trinajstić information content (AvgIpc) is 2.38. The lowest BCUT2D eigenvalue weighted by atomic mass is 9.76. The number of hydrogen-bond donors (Lipinski definition) is 0. The molecule has 1 aliphatic rings. The number of carbonyl (C=O) groups is 1. The van der Waals surface area contributed by atoms with E-state index in [-0.39, 0.29) is 11.8 Å². The van der Waals surface area contributed by atoms with E-state index < -0.39 is 5.60 Å². The Bertz CT molecular complexity index is 536. The third-order valence-corrected chi connectivity index (χ3v) is 3.88. The molecule has 0 aliphatic heterocycles. The molecule has 0 N–H and O–H groups in total. The molecule has 1 aliphatic carbocycles. The van der Waals surface area contributed by atoms with E-state index in [1.54, 1.807) is 19.1 Å². The molecule has 20 heavy (non-hydrogen) atoms. The monoisotopic (exact) mass is 276 g/mol. The smallest absolute Gasteiger partial charge is 0.333 e. The number of esters is 1. The van der Waals surface area contributed by atoms with Gasteiger partial charge in [-0.1, -0.05) is 26.0 Å². The van der Waals surface area contributed by atoms with Crippen molar-refractivity contribution in [1.29, 1.82) is 0 Å². The number of carbonyl (C=O) groups excluding carboxylic acids is 1. The van der Waals surface area contributed by atoms with Crippen LogP contribution in [0.5, 0.6) is 0 Å². The lowest BCUT2D eigenvalue weighted by Gasteiger charge is -2.38. The molecule has 0 aromatic heterocycles. The van der Waals surface area contributed by atoms with Crippen LogP contribution in [0.15, 0.2) is 30.4 Å². The fourth-order valence-corrected chi connectivity index (χ4v) is 3.00. The number of ether oxygens (including phenoxy) is 1. The van der Waals surface area contributed by atoms with Gasteiger partial charge in [-0.2, -0.15) is 0 Å². The SMILES string of the molecule is C=C(C)C(=O)OC1(CCC)CCCc2cc(F)ccc21. The summed E-state index contributed by atoms with van der Waals surface area (Å²) in [5.41, 5.74) is 1.70. The van der Waals surface area contributed by atoms with E-state index in [2.05, 4.69) is 13.5 Å². The van der Waals surface area contributed by atoms with Gasteiger partial charge in [0.05, 0.1) is 0 Å². The van der Waals surface area contributed by atoms with Crippen molar-refractivity contribution in [3.63, 3.8) is 0 Å². The number of rotatable bonds is 4. The molecule has 1 aromatic rings. The van der Waals surface area contributed by atoms with Crippen LogP contribution >= 0.6 is 0 Å².